The van der Waals surface area contributed by atoms with Gasteiger partial charge < -0.3 is 10.1 Å². The van der Waals surface area contributed by atoms with Crippen molar-refractivity contribution in [2.24, 2.45) is 0 Å². The van der Waals surface area contributed by atoms with Gasteiger partial charge in [-0.05, 0) is 44.4 Å². The number of aromatic hydroxyl groups is 1. The van der Waals surface area contributed by atoms with E-state index in [2.05, 4.69) is 20.0 Å². The van der Waals surface area contributed by atoms with E-state index < -0.39 is 15.6 Å². The minimum absolute atomic E-state index is 0.0676. The first-order valence-corrected chi connectivity index (χ1v) is 13.8. The van der Waals surface area contributed by atoms with Crippen molar-refractivity contribution in [3.8, 4) is 17.1 Å². The molecular formula is C24H32N6O4S. The van der Waals surface area contributed by atoms with Crippen LogP contribution >= 0.6 is 0 Å². The summed E-state index contributed by atoms with van der Waals surface area (Å²) in [6.45, 7) is 6.08. The van der Waals surface area contributed by atoms with E-state index in [9.17, 15) is 18.3 Å². The molecule has 0 amide bonds. The van der Waals surface area contributed by atoms with E-state index in [1.807, 2.05) is 6.92 Å². The van der Waals surface area contributed by atoms with Gasteiger partial charge in [0.25, 0.3) is 5.56 Å². The summed E-state index contributed by atoms with van der Waals surface area (Å²) in [4.78, 5) is 22.5. The van der Waals surface area contributed by atoms with Gasteiger partial charge in [-0.15, -0.1) is 5.10 Å². The second kappa shape index (κ2) is 9.36. The van der Waals surface area contributed by atoms with Crippen molar-refractivity contribution >= 4 is 15.5 Å². The van der Waals surface area contributed by atoms with Gasteiger partial charge in [-0.1, -0.05) is 19.8 Å². The number of aromatic nitrogens is 4. The highest BCUT2D eigenvalue weighted by atomic mass is 32.2. The largest absolute Gasteiger partial charge is 0.507 e. The van der Waals surface area contributed by atoms with Gasteiger partial charge in [0.15, 0.2) is 11.3 Å². The Hall–Kier alpha value is -2.76. The second-order valence-electron chi connectivity index (χ2n) is 9.48. The van der Waals surface area contributed by atoms with Crippen LogP contribution in [0.1, 0.15) is 50.5 Å². The Kier molecular flexibility index (Phi) is 6.41. The fourth-order valence-electron chi connectivity index (χ4n) is 5.34. The smallest absolute Gasteiger partial charge is 0.277 e. The average molecular weight is 501 g/mol. The summed E-state index contributed by atoms with van der Waals surface area (Å²) < 4.78 is 29.9. The molecule has 10 nitrogen and oxygen atoms in total. The Balaban J connectivity index is 1.47. The van der Waals surface area contributed by atoms with Gasteiger partial charge in [-0.2, -0.15) is 4.31 Å². The number of nitrogens with zero attached hydrogens (tertiary/aromatic N) is 5. The van der Waals surface area contributed by atoms with Gasteiger partial charge in [0.1, 0.15) is 11.6 Å². The number of piperazine rings is 1. The third kappa shape index (κ3) is 4.36. The third-order valence-electron chi connectivity index (χ3n) is 7.19. The lowest BCUT2D eigenvalue weighted by Crippen LogP contribution is -2.51. The second-order valence-corrected chi connectivity index (χ2v) is 11.4. The van der Waals surface area contributed by atoms with Gasteiger partial charge in [0.2, 0.25) is 10.0 Å². The lowest BCUT2D eigenvalue weighted by molar-refractivity contribution is 0.139. The van der Waals surface area contributed by atoms with E-state index in [1.54, 1.807) is 6.92 Å². The van der Waals surface area contributed by atoms with Gasteiger partial charge in [0, 0.05) is 38.6 Å². The molecule has 1 aromatic carbocycles. The van der Waals surface area contributed by atoms with Crippen LogP contribution < -0.4 is 5.56 Å². The first-order valence-electron chi connectivity index (χ1n) is 12.4. The summed E-state index contributed by atoms with van der Waals surface area (Å²) in [5.74, 6) is 0.583. The van der Waals surface area contributed by atoms with Crippen LogP contribution in [-0.4, -0.2) is 74.5 Å². The molecule has 188 valence electrons. The normalized spacial score (nSPS) is 18.6. The number of aryl methyl sites for hydroxylation is 2. The summed E-state index contributed by atoms with van der Waals surface area (Å²) in [5, 5.41) is 15.1. The van der Waals surface area contributed by atoms with Crippen LogP contribution in [0.2, 0.25) is 0 Å². The zero-order valence-corrected chi connectivity index (χ0v) is 21.0. The monoisotopic (exact) mass is 500 g/mol. The lowest BCUT2D eigenvalue weighted by atomic mass is 10.2. The zero-order chi connectivity index (χ0) is 24.7. The molecule has 0 spiro atoms. The summed E-state index contributed by atoms with van der Waals surface area (Å²) in [6.07, 6.45) is 6.35. The van der Waals surface area contributed by atoms with Crippen molar-refractivity contribution in [3.63, 3.8) is 0 Å². The van der Waals surface area contributed by atoms with E-state index in [1.165, 1.54) is 52.7 Å². The number of nitrogens with one attached hydrogen (secondary N) is 1. The van der Waals surface area contributed by atoms with Crippen LogP contribution in [0.5, 0.6) is 5.75 Å². The van der Waals surface area contributed by atoms with Crippen molar-refractivity contribution in [1.82, 2.24) is 28.8 Å². The number of hydrogen-bond acceptors (Lipinski definition) is 7. The van der Waals surface area contributed by atoms with Crippen molar-refractivity contribution in [2.45, 2.75) is 63.3 Å². The summed E-state index contributed by atoms with van der Waals surface area (Å²) in [5.41, 5.74) is 0.688. The maximum absolute atomic E-state index is 13.5. The minimum Gasteiger partial charge on any atom is -0.507 e. The van der Waals surface area contributed by atoms with Crippen molar-refractivity contribution < 1.29 is 13.5 Å². The number of rotatable bonds is 6. The molecule has 1 saturated heterocycles. The van der Waals surface area contributed by atoms with Crippen LogP contribution in [0.3, 0.4) is 0 Å². The molecule has 5 rings (SSSR count). The van der Waals surface area contributed by atoms with Crippen LogP contribution in [0.4, 0.5) is 0 Å². The Morgan fingerprint density at radius 3 is 2.54 bits per heavy atom. The van der Waals surface area contributed by atoms with Crippen LogP contribution in [0, 0.1) is 6.92 Å². The molecule has 0 radical (unpaired) electrons. The molecule has 2 aliphatic rings. The van der Waals surface area contributed by atoms with Crippen LogP contribution in [0.25, 0.3) is 16.9 Å². The molecule has 1 aliphatic carbocycles. The maximum Gasteiger partial charge on any atom is 0.277 e. The quantitative estimate of drug-likeness (QED) is 0.532. The minimum atomic E-state index is -3.76. The SMILES string of the molecule is CCCc1nc(C)c2c(=O)[nH]c(-c3cc(S(=O)(=O)N4CCN(C5CCCC5)CC4)ccc3O)nn12. The summed E-state index contributed by atoms with van der Waals surface area (Å²) in [6, 6.07) is 4.70. The maximum atomic E-state index is 13.5. The van der Waals surface area contributed by atoms with E-state index in [-0.39, 0.29) is 22.0 Å². The molecule has 2 N–H and O–H groups in total. The summed E-state index contributed by atoms with van der Waals surface area (Å²) >= 11 is 0. The fourth-order valence-corrected chi connectivity index (χ4v) is 6.78. The number of H-pyrrole nitrogens is 1. The number of imidazole rings is 1. The highest BCUT2D eigenvalue weighted by Gasteiger charge is 2.32. The number of hydrogen-bond donors (Lipinski definition) is 2. The molecule has 11 heteroatoms. The van der Waals surface area contributed by atoms with Gasteiger partial charge in [0.05, 0.1) is 16.2 Å². The van der Waals surface area contributed by atoms with Gasteiger partial charge in [-0.25, -0.2) is 17.9 Å². The first kappa shape index (κ1) is 24.0. The number of sulfonamides is 1. The molecule has 2 aromatic heterocycles. The van der Waals surface area contributed by atoms with E-state index in [0.717, 1.165) is 19.5 Å². The Morgan fingerprint density at radius 2 is 1.86 bits per heavy atom. The number of fused-ring (bicyclic) bond motifs is 1. The third-order valence-corrected chi connectivity index (χ3v) is 9.09. The number of phenols is 1. The molecule has 0 unspecified atom stereocenters. The molecule has 0 atom stereocenters. The van der Waals surface area contributed by atoms with Gasteiger partial charge in [-0.3, -0.25) is 9.69 Å². The Labute approximate surface area is 204 Å². The van der Waals surface area contributed by atoms with Gasteiger partial charge >= 0.3 is 0 Å². The Bertz CT molecular complexity index is 1400. The number of phenolic OH excluding ortho intramolecular Hbond substituents is 1. The molecule has 35 heavy (non-hydrogen) atoms. The highest BCUT2D eigenvalue weighted by Crippen LogP contribution is 2.31. The predicted octanol–water partition coefficient (Wildman–Crippen LogP) is 2.30. The van der Waals surface area contributed by atoms with Crippen molar-refractivity contribution in [1.29, 1.82) is 0 Å². The van der Waals surface area contributed by atoms with Crippen molar-refractivity contribution in [3.05, 3.63) is 40.1 Å². The van der Waals surface area contributed by atoms with E-state index in [0.29, 0.717) is 42.6 Å². The molecule has 1 aliphatic heterocycles. The molecule has 2 fully saturated rings. The van der Waals surface area contributed by atoms with Crippen LogP contribution in [-0.2, 0) is 16.4 Å². The molecule has 3 heterocycles. The molecule has 3 aromatic rings. The van der Waals surface area contributed by atoms with E-state index in [4.69, 9.17) is 0 Å². The molecule has 0 bridgehead atoms. The highest BCUT2D eigenvalue weighted by molar-refractivity contribution is 7.89. The van der Waals surface area contributed by atoms with Crippen LogP contribution in [0.15, 0.2) is 27.9 Å². The molecule has 1 saturated carbocycles. The average Bonchev–Trinajstić information content (AvgIpc) is 3.48. The number of aromatic amines is 1. The standard InChI is InChI=1S/C24H32N6O4S/c1-3-6-21-25-16(2)22-24(32)26-23(27-30(21)22)19-15-18(9-10-20(19)31)35(33,34)29-13-11-28(12-14-29)17-7-4-5-8-17/h9-10,15,17,31H,3-8,11-14H2,1-2H3,(H,26,27,32). The zero-order valence-electron chi connectivity index (χ0n) is 20.2. The predicted molar refractivity (Wildman–Crippen MR) is 132 cm³/mol. The number of benzene rings is 1. The molecular weight excluding hydrogens is 468 g/mol. The fraction of sp³-hybridized carbons (Fsp3) is 0.542. The topological polar surface area (TPSA) is 124 Å². The Morgan fingerprint density at radius 1 is 1.14 bits per heavy atom. The van der Waals surface area contributed by atoms with Crippen molar-refractivity contribution in [2.75, 3.05) is 26.2 Å². The lowest BCUT2D eigenvalue weighted by Gasteiger charge is -2.37. The first-order chi connectivity index (χ1) is 16.8. The summed E-state index contributed by atoms with van der Waals surface area (Å²) in [7, 11) is -3.76. The van der Waals surface area contributed by atoms with E-state index >= 15 is 0 Å².